The van der Waals surface area contributed by atoms with E-state index in [-0.39, 0.29) is 0 Å². The molecule has 1 unspecified atom stereocenters. The zero-order valence-electron chi connectivity index (χ0n) is 12.7. The van der Waals surface area contributed by atoms with Crippen LogP contribution in [0, 0.1) is 0 Å². The first kappa shape index (κ1) is 14.5. The van der Waals surface area contributed by atoms with Crippen molar-refractivity contribution in [3.05, 3.63) is 36.0 Å². The Bertz CT molecular complexity index is 603. The molecule has 2 heterocycles. The number of aliphatic hydroxyl groups is 1. The number of rotatable bonds is 4. The minimum atomic E-state index is -0.554. The number of hydrogen-bond donors (Lipinski definition) is 1. The van der Waals surface area contributed by atoms with Crippen molar-refractivity contribution in [3.8, 4) is 0 Å². The number of aliphatic hydroxyl groups excluding tert-OH is 1. The molecule has 1 atom stereocenters. The minimum Gasteiger partial charge on any atom is -0.374 e. The number of methoxy groups -OCH3 is 1. The molecule has 2 aromatic rings. The molecule has 0 saturated carbocycles. The minimum absolute atomic E-state index is 0.496. The zero-order chi connectivity index (χ0) is 14.8. The molecule has 1 saturated heterocycles. The lowest BCUT2D eigenvalue weighted by Gasteiger charge is -2.35. The van der Waals surface area contributed by atoms with Crippen LogP contribution in [0.5, 0.6) is 0 Å². The van der Waals surface area contributed by atoms with Gasteiger partial charge in [-0.2, -0.15) is 0 Å². The molecular weight excluding hydrogens is 266 g/mol. The first-order valence-electron chi connectivity index (χ1n) is 7.38. The summed E-state index contributed by atoms with van der Waals surface area (Å²) in [6.07, 6.45) is 1.46. The summed E-state index contributed by atoms with van der Waals surface area (Å²) in [6.45, 7) is 4.26. The molecular formula is C16H23N3O2. The van der Waals surface area contributed by atoms with Gasteiger partial charge in [-0.3, -0.25) is 4.90 Å². The lowest BCUT2D eigenvalue weighted by atomic mass is 10.1. The maximum Gasteiger partial charge on any atom is 0.135 e. The number of likely N-dealkylation sites (N-methyl/N-ethyl adjacent to an activating group) is 1. The van der Waals surface area contributed by atoms with Crippen molar-refractivity contribution < 1.29 is 9.84 Å². The van der Waals surface area contributed by atoms with Crippen molar-refractivity contribution in [3.63, 3.8) is 0 Å². The summed E-state index contributed by atoms with van der Waals surface area (Å²) < 4.78 is 7.30. The van der Waals surface area contributed by atoms with E-state index in [2.05, 4.69) is 29.0 Å². The summed E-state index contributed by atoms with van der Waals surface area (Å²) in [6, 6.07) is 8.16. The Hall–Kier alpha value is -1.40. The van der Waals surface area contributed by atoms with Crippen LogP contribution in [0.4, 0.5) is 0 Å². The Balaban J connectivity index is 1.92. The van der Waals surface area contributed by atoms with Gasteiger partial charge in [0.2, 0.25) is 0 Å². The Morgan fingerprint density at radius 1 is 1.19 bits per heavy atom. The number of piperazine rings is 1. The van der Waals surface area contributed by atoms with Crippen LogP contribution in [0.15, 0.2) is 30.5 Å². The van der Waals surface area contributed by atoms with Gasteiger partial charge in [-0.1, -0.05) is 18.2 Å². The second-order valence-corrected chi connectivity index (χ2v) is 5.70. The number of fused-ring (bicyclic) bond motifs is 1. The van der Waals surface area contributed by atoms with Crippen molar-refractivity contribution in [1.29, 1.82) is 0 Å². The van der Waals surface area contributed by atoms with Gasteiger partial charge in [0.25, 0.3) is 0 Å². The van der Waals surface area contributed by atoms with Crippen LogP contribution in [-0.2, 0) is 11.5 Å². The molecule has 1 N–H and O–H groups in total. The molecule has 0 radical (unpaired) electrons. The largest absolute Gasteiger partial charge is 0.374 e. The Kier molecular flexibility index (Phi) is 4.26. The summed E-state index contributed by atoms with van der Waals surface area (Å²) in [7, 11) is 3.81. The summed E-state index contributed by atoms with van der Waals surface area (Å²) in [5.41, 5.74) is 2.06. The van der Waals surface area contributed by atoms with Crippen molar-refractivity contribution >= 4 is 10.9 Å². The van der Waals surface area contributed by atoms with Crippen LogP contribution < -0.4 is 0 Å². The third-order valence-electron chi connectivity index (χ3n) is 4.25. The van der Waals surface area contributed by atoms with E-state index in [1.54, 1.807) is 7.11 Å². The highest BCUT2D eigenvalue weighted by molar-refractivity contribution is 5.84. The predicted octanol–water partition coefficient (Wildman–Crippen LogP) is 1.48. The molecule has 0 amide bonds. The number of ether oxygens (including phenoxy) is 1. The van der Waals surface area contributed by atoms with Gasteiger partial charge in [0.05, 0.1) is 5.52 Å². The normalized spacial score (nSPS) is 19.2. The number of aromatic nitrogens is 1. The van der Waals surface area contributed by atoms with Gasteiger partial charge in [0.1, 0.15) is 13.0 Å². The van der Waals surface area contributed by atoms with E-state index >= 15 is 0 Å². The fourth-order valence-corrected chi connectivity index (χ4v) is 2.99. The molecule has 1 aromatic carbocycles. The summed E-state index contributed by atoms with van der Waals surface area (Å²) in [5, 5.41) is 11.9. The third kappa shape index (κ3) is 2.82. The zero-order valence-corrected chi connectivity index (χ0v) is 12.7. The van der Waals surface area contributed by atoms with Gasteiger partial charge < -0.3 is 19.3 Å². The monoisotopic (exact) mass is 289 g/mol. The maximum atomic E-state index is 10.8. The molecule has 0 aliphatic carbocycles. The van der Waals surface area contributed by atoms with Gasteiger partial charge in [0.15, 0.2) is 0 Å². The highest BCUT2D eigenvalue weighted by Gasteiger charge is 2.24. The van der Waals surface area contributed by atoms with E-state index in [1.165, 1.54) is 0 Å². The smallest absolute Gasteiger partial charge is 0.135 e. The van der Waals surface area contributed by atoms with Crippen molar-refractivity contribution in [2.24, 2.45) is 0 Å². The van der Waals surface area contributed by atoms with Gasteiger partial charge in [-0.15, -0.1) is 0 Å². The Morgan fingerprint density at radius 3 is 2.62 bits per heavy atom. The first-order valence-corrected chi connectivity index (χ1v) is 7.38. The molecule has 3 rings (SSSR count). The fraction of sp³-hybridized carbons (Fsp3) is 0.500. The number of para-hydroxylation sites is 1. The summed E-state index contributed by atoms with van der Waals surface area (Å²) in [4.78, 5) is 4.43. The average Bonchev–Trinajstić information content (AvgIpc) is 2.87. The van der Waals surface area contributed by atoms with Crippen LogP contribution >= 0.6 is 0 Å². The van der Waals surface area contributed by atoms with E-state index in [9.17, 15) is 5.11 Å². The standard InChI is InChI=1S/C16H23N3O2/c1-17-7-9-18(10-8-17)16(20)14-11-19(12-21-2)15-6-4-3-5-13(14)15/h3-6,11,16,20H,7-10,12H2,1-2H3. The molecule has 0 spiro atoms. The van der Waals surface area contributed by atoms with E-state index < -0.39 is 6.23 Å². The van der Waals surface area contributed by atoms with E-state index in [0.29, 0.717) is 6.73 Å². The molecule has 0 bridgehead atoms. The molecule has 21 heavy (non-hydrogen) atoms. The van der Waals surface area contributed by atoms with Crippen LogP contribution in [0.1, 0.15) is 11.8 Å². The number of hydrogen-bond acceptors (Lipinski definition) is 4. The van der Waals surface area contributed by atoms with E-state index in [0.717, 1.165) is 42.6 Å². The first-order chi connectivity index (χ1) is 10.2. The highest BCUT2D eigenvalue weighted by atomic mass is 16.5. The van der Waals surface area contributed by atoms with Gasteiger partial charge >= 0.3 is 0 Å². The fourth-order valence-electron chi connectivity index (χ4n) is 2.99. The Labute approximate surface area is 125 Å². The second kappa shape index (κ2) is 6.15. The lowest BCUT2D eigenvalue weighted by Crippen LogP contribution is -2.45. The second-order valence-electron chi connectivity index (χ2n) is 5.70. The van der Waals surface area contributed by atoms with Gasteiger partial charge in [-0.25, -0.2) is 0 Å². The SMILES string of the molecule is COCn1cc(C(O)N2CCN(C)CC2)c2ccccc21. The molecule has 1 aliphatic rings. The van der Waals surface area contributed by atoms with Crippen molar-refractivity contribution in [2.45, 2.75) is 13.0 Å². The van der Waals surface area contributed by atoms with Crippen LogP contribution in [0.25, 0.3) is 10.9 Å². The molecule has 114 valence electrons. The highest BCUT2D eigenvalue weighted by Crippen LogP contribution is 2.29. The van der Waals surface area contributed by atoms with Gasteiger partial charge in [0, 0.05) is 50.4 Å². The van der Waals surface area contributed by atoms with Crippen molar-refractivity contribution in [2.75, 3.05) is 40.3 Å². The van der Waals surface area contributed by atoms with E-state index in [4.69, 9.17) is 4.74 Å². The van der Waals surface area contributed by atoms with Crippen LogP contribution in [0.2, 0.25) is 0 Å². The maximum absolute atomic E-state index is 10.8. The molecule has 1 fully saturated rings. The van der Waals surface area contributed by atoms with E-state index in [1.807, 2.05) is 22.9 Å². The Morgan fingerprint density at radius 2 is 1.90 bits per heavy atom. The summed E-state index contributed by atoms with van der Waals surface area (Å²) in [5.74, 6) is 0. The van der Waals surface area contributed by atoms with Crippen LogP contribution in [0.3, 0.4) is 0 Å². The third-order valence-corrected chi connectivity index (χ3v) is 4.25. The van der Waals surface area contributed by atoms with Gasteiger partial charge in [-0.05, 0) is 13.1 Å². The predicted molar refractivity (Wildman–Crippen MR) is 83.0 cm³/mol. The topological polar surface area (TPSA) is 40.9 Å². The number of nitrogens with zero attached hydrogens (tertiary/aromatic N) is 3. The summed E-state index contributed by atoms with van der Waals surface area (Å²) >= 11 is 0. The number of benzene rings is 1. The molecule has 1 aromatic heterocycles. The quantitative estimate of drug-likeness (QED) is 0.926. The van der Waals surface area contributed by atoms with Crippen LogP contribution in [-0.4, -0.2) is 59.8 Å². The molecule has 5 heteroatoms. The molecule has 5 nitrogen and oxygen atoms in total. The van der Waals surface area contributed by atoms with Crippen molar-refractivity contribution in [1.82, 2.24) is 14.4 Å². The molecule has 1 aliphatic heterocycles. The average molecular weight is 289 g/mol. The lowest BCUT2D eigenvalue weighted by molar-refractivity contribution is -0.0225.